The summed E-state index contributed by atoms with van der Waals surface area (Å²) in [6.45, 7) is 0. The van der Waals surface area contributed by atoms with Crippen LogP contribution in [0.15, 0.2) is 78.5 Å². The van der Waals surface area contributed by atoms with Gasteiger partial charge in [-0.1, -0.05) is 42.5 Å². The molecule has 35 heavy (non-hydrogen) atoms. The van der Waals surface area contributed by atoms with E-state index in [-0.39, 0.29) is 17.0 Å². The summed E-state index contributed by atoms with van der Waals surface area (Å²) >= 11 is 0. The van der Waals surface area contributed by atoms with Gasteiger partial charge in [-0.25, -0.2) is 4.79 Å². The van der Waals surface area contributed by atoms with Gasteiger partial charge in [-0.15, -0.1) is 0 Å². The number of hydrogen-bond acceptors (Lipinski definition) is 6. The molecule has 2 aliphatic rings. The molecular weight excluding hydrogens is 450 g/mol. The van der Waals surface area contributed by atoms with E-state index in [1.807, 2.05) is 30.3 Å². The Kier molecular flexibility index (Phi) is 5.30. The molecule has 0 atom stereocenters. The summed E-state index contributed by atoms with van der Waals surface area (Å²) in [5.74, 6) is -0.920. The lowest BCUT2D eigenvalue weighted by Gasteiger charge is -2.15. The van der Waals surface area contributed by atoms with Gasteiger partial charge in [0.2, 0.25) is 0 Å². The van der Waals surface area contributed by atoms with Crippen molar-refractivity contribution in [1.29, 1.82) is 0 Å². The highest BCUT2D eigenvalue weighted by atomic mass is 16.6. The lowest BCUT2D eigenvalue weighted by atomic mass is 9.99. The predicted molar refractivity (Wildman–Crippen MR) is 130 cm³/mol. The maximum atomic E-state index is 13.0. The van der Waals surface area contributed by atoms with Crippen LogP contribution in [0.3, 0.4) is 0 Å². The van der Waals surface area contributed by atoms with Crippen molar-refractivity contribution in [2.24, 2.45) is 0 Å². The van der Waals surface area contributed by atoms with Gasteiger partial charge in [-0.2, -0.15) is 0 Å². The number of rotatable bonds is 5. The standard InChI is InChI=1S/C25H17N5O5/c31-23-20(28-25(33)29-23)12-14-5-4-8-16(11-14)26-22(15-6-2-1-3-7-15)21-18-13-17(30(34)35)9-10-19(18)27-24(21)32/h1-13,26H,(H,27,32)(H2,28,29,31,33)/b20-12-,22-21?. The summed E-state index contributed by atoms with van der Waals surface area (Å²) in [5.41, 5.74) is 3.53. The highest BCUT2D eigenvalue weighted by molar-refractivity contribution is 6.37. The fraction of sp³-hybridized carbons (Fsp3) is 0. The molecule has 3 aromatic carbocycles. The second kappa shape index (κ2) is 8.60. The number of fused-ring (bicyclic) bond motifs is 1. The number of non-ortho nitro benzene ring substituents is 1. The monoisotopic (exact) mass is 467 g/mol. The zero-order valence-electron chi connectivity index (χ0n) is 18.0. The predicted octanol–water partition coefficient (Wildman–Crippen LogP) is 3.71. The van der Waals surface area contributed by atoms with E-state index in [0.29, 0.717) is 33.8 Å². The van der Waals surface area contributed by atoms with Crippen LogP contribution < -0.4 is 21.3 Å². The number of urea groups is 1. The van der Waals surface area contributed by atoms with Crippen LogP contribution in [0.2, 0.25) is 0 Å². The Morgan fingerprint density at radius 3 is 2.37 bits per heavy atom. The molecule has 0 aromatic heterocycles. The van der Waals surface area contributed by atoms with Gasteiger partial charge in [0, 0.05) is 29.1 Å². The molecule has 0 aliphatic carbocycles. The molecule has 0 unspecified atom stereocenters. The first-order valence-electron chi connectivity index (χ1n) is 10.5. The number of nitro benzene ring substituents is 1. The molecule has 10 heteroatoms. The van der Waals surface area contributed by atoms with Gasteiger partial charge in [0.15, 0.2) is 0 Å². The topological polar surface area (TPSA) is 142 Å². The number of nitro groups is 1. The SMILES string of the molecule is O=C1NC(=O)/C(=C/c2cccc(NC(=C3C(=O)Nc4ccc([N+](=O)[O-])cc43)c3ccccc3)c2)N1. The van der Waals surface area contributed by atoms with Crippen molar-refractivity contribution in [3.63, 3.8) is 0 Å². The summed E-state index contributed by atoms with van der Waals surface area (Å²) in [4.78, 5) is 47.1. The Balaban J connectivity index is 1.60. The second-order valence-electron chi connectivity index (χ2n) is 7.77. The number of carbonyl (C=O) groups is 3. The van der Waals surface area contributed by atoms with E-state index < -0.39 is 22.8 Å². The molecule has 0 radical (unpaired) electrons. The molecule has 3 aromatic rings. The van der Waals surface area contributed by atoms with E-state index in [1.165, 1.54) is 24.3 Å². The molecule has 5 rings (SSSR count). The van der Waals surface area contributed by atoms with Gasteiger partial charge in [0.1, 0.15) is 5.70 Å². The molecule has 0 bridgehead atoms. The van der Waals surface area contributed by atoms with Crippen LogP contribution in [0.1, 0.15) is 16.7 Å². The average molecular weight is 467 g/mol. The van der Waals surface area contributed by atoms with Gasteiger partial charge in [0.05, 0.1) is 16.2 Å². The fourth-order valence-corrected chi connectivity index (χ4v) is 3.90. The number of benzene rings is 3. The van der Waals surface area contributed by atoms with Crippen LogP contribution in [-0.2, 0) is 9.59 Å². The molecule has 1 saturated heterocycles. The molecular formula is C25H17N5O5. The minimum Gasteiger partial charge on any atom is -0.354 e. The molecule has 1 fully saturated rings. The number of anilines is 2. The van der Waals surface area contributed by atoms with Gasteiger partial charge in [0.25, 0.3) is 17.5 Å². The maximum Gasteiger partial charge on any atom is 0.326 e. The molecule has 0 saturated carbocycles. The van der Waals surface area contributed by atoms with Crippen molar-refractivity contribution < 1.29 is 19.3 Å². The Labute approximate surface area is 198 Å². The quantitative estimate of drug-likeness (QED) is 0.195. The van der Waals surface area contributed by atoms with Crippen molar-refractivity contribution in [2.45, 2.75) is 0 Å². The minimum atomic E-state index is -0.591. The van der Waals surface area contributed by atoms with E-state index in [0.717, 1.165) is 0 Å². The van der Waals surface area contributed by atoms with Crippen LogP contribution in [0.25, 0.3) is 17.3 Å². The molecule has 2 aliphatic heterocycles. The number of hydrogen-bond donors (Lipinski definition) is 4. The van der Waals surface area contributed by atoms with E-state index in [4.69, 9.17) is 0 Å². The van der Waals surface area contributed by atoms with Gasteiger partial charge >= 0.3 is 6.03 Å². The van der Waals surface area contributed by atoms with E-state index in [2.05, 4.69) is 21.3 Å². The van der Waals surface area contributed by atoms with Crippen molar-refractivity contribution in [1.82, 2.24) is 10.6 Å². The second-order valence-corrected chi connectivity index (χ2v) is 7.77. The highest BCUT2D eigenvalue weighted by Gasteiger charge is 2.30. The molecule has 0 spiro atoms. The smallest absolute Gasteiger partial charge is 0.326 e. The van der Waals surface area contributed by atoms with Crippen LogP contribution in [0, 0.1) is 10.1 Å². The number of carbonyl (C=O) groups excluding carboxylic acids is 3. The number of nitrogens with zero attached hydrogens (tertiary/aromatic N) is 1. The summed E-state index contributed by atoms with van der Waals surface area (Å²) in [5, 5.41) is 22.0. The van der Waals surface area contributed by atoms with Crippen LogP contribution in [-0.4, -0.2) is 22.8 Å². The molecule has 4 N–H and O–H groups in total. The fourth-order valence-electron chi connectivity index (χ4n) is 3.90. The van der Waals surface area contributed by atoms with Crippen LogP contribution in [0.5, 0.6) is 0 Å². The maximum absolute atomic E-state index is 13.0. The Morgan fingerprint density at radius 2 is 1.66 bits per heavy atom. The largest absolute Gasteiger partial charge is 0.354 e. The Hall–Kier alpha value is -5.25. The third-order valence-corrected chi connectivity index (χ3v) is 5.46. The summed E-state index contributed by atoms with van der Waals surface area (Å²) in [7, 11) is 0. The van der Waals surface area contributed by atoms with Crippen molar-refractivity contribution >= 4 is 52.3 Å². The first-order chi connectivity index (χ1) is 16.9. The van der Waals surface area contributed by atoms with Crippen molar-refractivity contribution in [3.05, 3.63) is 105 Å². The third-order valence-electron chi connectivity index (χ3n) is 5.46. The molecule has 10 nitrogen and oxygen atoms in total. The normalized spacial score (nSPS) is 16.9. The number of imide groups is 1. The Bertz CT molecular complexity index is 1480. The highest BCUT2D eigenvalue weighted by Crippen LogP contribution is 2.39. The van der Waals surface area contributed by atoms with E-state index in [9.17, 15) is 24.5 Å². The molecule has 4 amide bonds. The number of nitrogens with one attached hydrogen (secondary N) is 4. The number of amides is 4. The van der Waals surface area contributed by atoms with Gasteiger partial charge in [-0.05, 0) is 35.4 Å². The lowest BCUT2D eigenvalue weighted by molar-refractivity contribution is -0.384. The summed E-state index contributed by atoms with van der Waals surface area (Å²) in [6, 6.07) is 19.8. The zero-order valence-corrected chi connectivity index (χ0v) is 18.0. The molecule has 2 heterocycles. The molecule has 172 valence electrons. The summed E-state index contributed by atoms with van der Waals surface area (Å²) in [6.07, 6.45) is 1.53. The van der Waals surface area contributed by atoms with Gasteiger partial charge < -0.3 is 16.0 Å². The van der Waals surface area contributed by atoms with Gasteiger partial charge in [-0.3, -0.25) is 25.0 Å². The lowest BCUT2D eigenvalue weighted by Crippen LogP contribution is -2.22. The average Bonchev–Trinajstić information content (AvgIpc) is 3.34. The summed E-state index contributed by atoms with van der Waals surface area (Å²) < 4.78 is 0. The Morgan fingerprint density at radius 1 is 0.857 bits per heavy atom. The zero-order chi connectivity index (χ0) is 24.5. The third kappa shape index (κ3) is 4.23. The van der Waals surface area contributed by atoms with Crippen molar-refractivity contribution in [3.8, 4) is 0 Å². The van der Waals surface area contributed by atoms with E-state index in [1.54, 1.807) is 24.3 Å². The van der Waals surface area contributed by atoms with Crippen LogP contribution in [0.4, 0.5) is 21.9 Å². The minimum absolute atomic E-state index is 0.116. The van der Waals surface area contributed by atoms with Crippen LogP contribution >= 0.6 is 0 Å². The first-order valence-corrected chi connectivity index (χ1v) is 10.5. The van der Waals surface area contributed by atoms with Crippen molar-refractivity contribution in [2.75, 3.05) is 10.6 Å². The first kappa shape index (κ1) is 21.6. The van der Waals surface area contributed by atoms with E-state index >= 15 is 0 Å².